The molecule has 20 heavy (non-hydrogen) atoms. The van der Waals surface area contributed by atoms with Crippen LogP contribution in [0.1, 0.15) is 15.2 Å². The molecular formula is C14H16N4OS. The molecule has 1 fully saturated rings. The van der Waals surface area contributed by atoms with Crippen LogP contribution >= 0.6 is 11.3 Å². The number of nitrogens with zero attached hydrogens (tertiary/aromatic N) is 4. The zero-order valence-electron chi connectivity index (χ0n) is 11.3. The van der Waals surface area contributed by atoms with Crippen LogP contribution in [0.5, 0.6) is 0 Å². The van der Waals surface area contributed by atoms with Crippen LogP contribution in [0.25, 0.3) is 0 Å². The molecule has 2 aromatic heterocycles. The number of piperazine rings is 1. The molecular weight excluding hydrogens is 272 g/mol. The molecule has 0 aromatic carbocycles. The fourth-order valence-corrected chi connectivity index (χ4v) is 3.13. The first-order valence-corrected chi connectivity index (χ1v) is 7.48. The minimum absolute atomic E-state index is 0.136. The average molecular weight is 288 g/mol. The van der Waals surface area contributed by atoms with Crippen LogP contribution in [-0.4, -0.2) is 47.0 Å². The third-order valence-corrected chi connectivity index (χ3v) is 4.38. The number of amides is 1. The number of rotatable bonds is 2. The lowest BCUT2D eigenvalue weighted by atomic mass is 10.3. The van der Waals surface area contributed by atoms with Crippen molar-refractivity contribution in [1.29, 1.82) is 0 Å². The summed E-state index contributed by atoms with van der Waals surface area (Å²) in [6, 6.07) is 3.77. The quantitative estimate of drug-likeness (QED) is 0.845. The summed E-state index contributed by atoms with van der Waals surface area (Å²) in [5.41, 5.74) is 1.15. The van der Waals surface area contributed by atoms with Crippen LogP contribution < -0.4 is 4.90 Å². The molecule has 1 amide bonds. The Morgan fingerprint density at radius 2 is 1.90 bits per heavy atom. The van der Waals surface area contributed by atoms with E-state index in [-0.39, 0.29) is 5.91 Å². The van der Waals surface area contributed by atoms with E-state index in [1.165, 1.54) is 11.3 Å². The van der Waals surface area contributed by atoms with E-state index in [0.717, 1.165) is 29.5 Å². The Balaban J connectivity index is 1.63. The summed E-state index contributed by atoms with van der Waals surface area (Å²) >= 11 is 1.52. The molecule has 0 atom stereocenters. The van der Waals surface area contributed by atoms with Gasteiger partial charge in [-0.2, -0.15) is 0 Å². The molecule has 0 unspecified atom stereocenters. The van der Waals surface area contributed by atoms with E-state index < -0.39 is 0 Å². The summed E-state index contributed by atoms with van der Waals surface area (Å²) < 4.78 is 0. The summed E-state index contributed by atoms with van der Waals surface area (Å²) in [7, 11) is 0. The molecule has 0 radical (unpaired) electrons. The highest BCUT2D eigenvalue weighted by atomic mass is 32.1. The van der Waals surface area contributed by atoms with Crippen molar-refractivity contribution in [2.45, 2.75) is 6.92 Å². The smallest absolute Gasteiger partial charge is 0.264 e. The van der Waals surface area contributed by atoms with Crippen LogP contribution in [0.4, 0.5) is 5.95 Å². The van der Waals surface area contributed by atoms with E-state index in [1.54, 1.807) is 12.4 Å². The van der Waals surface area contributed by atoms with Gasteiger partial charge in [-0.1, -0.05) is 0 Å². The third-order valence-electron chi connectivity index (χ3n) is 3.34. The molecule has 0 saturated carbocycles. The lowest BCUT2D eigenvalue weighted by Gasteiger charge is -2.34. The van der Waals surface area contributed by atoms with E-state index in [2.05, 4.69) is 14.9 Å². The zero-order chi connectivity index (χ0) is 13.9. The van der Waals surface area contributed by atoms with Gasteiger partial charge < -0.3 is 9.80 Å². The number of hydrogen-bond acceptors (Lipinski definition) is 5. The second-order valence-corrected chi connectivity index (χ2v) is 5.73. The van der Waals surface area contributed by atoms with E-state index in [4.69, 9.17) is 0 Å². The lowest BCUT2D eigenvalue weighted by molar-refractivity contribution is 0.0751. The van der Waals surface area contributed by atoms with Gasteiger partial charge in [0.1, 0.15) is 0 Å². The Kier molecular flexibility index (Phi) is 3.64. The molecule has 0 bridgehead atoms. The highest BCUT2D eigenvalue weighted by Crippen LogP contribution is 2.18. The predicted octanol–water partition coefficient (Wildman–Crippen LogP) is 1.81. The highest BCUT2D eigenvalue weighted by molar-refractivity contribution is 7.12. The topological polar surface area (TPSA) is 49.3 Å². The van der Waals surface area contributed by atoms with Gasteiger partial charge in [-0.3, -0.25) is 4.79 Å². The van der Waals surface area contributed by atoms with Gasteiger partial charge in [-0.05, 0) is 30.0 Å². The average Bonchev–Trinajstić information content (AvgIpc) is 2.94. The minimum atomic E-state index is 0.136. The molecule has 3 heterocycles. The summed E-state index contributed by atoms with van der Waals surface area (Å²) in [6.45, 7) is 5.00. The first kappa shape index (κ1) is 13.1. The van der Waals surface area contributed by atoms with Gasteiger partial charge in [-0.15, -0.1) is 11.3 Å². The fourth-order valence-electron chi connectivity index (χ4n) is 2.26. The van der Waals surface area contributed by atoms with Gasteiger partial charge in [0.05, 0.1) is 4.88 Å². The van der Waals surface area contributed by atoms with Crippen molar-refractivity contribution in [1.82, 2.24) is 14.9 Å². The van der Waals surface area contributed by atoms with E-state index in [1.807, 2.05) is 29.3 Å². The number of anilines is 1. The summed E-state index contributed by atoms with van der Waals surface area (Å²) in [4.78, 5) is 25.7. The Labute approximate surface area is 121 Å². The molecule has 0 aliphatic carbocycles. The van der Waals surface area contributed by atoms with Crippen LogP contribution in [0.15, 0.2) is 29.9 Å². The number of thiophene rings is 1. The van der Waals surface area contributed by atoms with Crippen molar-refractivity contribution in [3.05, 3.63) is 40.3 Å². The van der Waals surface area contributed by atoms with Crippen molar-refractivity contribution < 1.29 is 4.79 Å². The van der Waals surface area contributed by atoms with E-state index in [0.29, 0.717) is 13.1 Å². The van der Waals surface area contributed by atoms with Gasteiger partial charge in [0.25, 0.3) is 5.91 Å². The summed E-state index contributed by atoms with van der Waals surface area (Å²) in [6.07, 6.45) is 3.49. The largest absolute Gasteiger partial charge is 0.337 e. The lowest BCUT2D eigenvalue weighted by Crippen LogP contribution is -2.49. The maximum atomic E-state index is 12.3. The SMILES string of the molecule is Cc1csc(C(=O)N2CCN(c3ncccn3)CC2)c1. The number of hydrogen-bond donors (Lipinski definition) is 0. The zero-order valence-corrected chi connectivity index (χ0v) is 12.1. The molecule has 6 heteroatoms. The monoisotopic (exact) mass is 288 g/mol. The van der Waals surface area contributed by atoms with Crippen LogP contribution in [0, 0.1) is 6.92 Å². The molecule has 2 aromatic rings. The first-order valence-electron chi connectivity index (χ1n) is 6.60. The van der Waals surface area contributed by atoms with E-state index in [9.17, 15) is 4.79 Å². The second-order valence-electron chi connectivity index (χ2n) is 4.82. The fraction of sp³-hybridized carbons (Fsp3) is 0.357. The minimum Gasteiger partial charge on any atom is -0.337 e. The van der Waals surface area contributed by atoms with Crippen molar-refractivity contribution in [2.24, 2.45) is 0 Å². The molecule has 0 N–H and O–H groups in total. The Hall–Kier alpha value is -1.95. The van der Waals surface area contributed by atoms with Gasteiger partial charge >= 0.3 is 0 Å². The number of carbonyl (C=O) groups excluding carboxylic acids is 1. The van der Waals surface area contributed by atoms with E-state index >= 15 is 0 Å². The molecule has 0 spiro atoms. The molecule has 1 aliphatic heterocycles. The van der Waals surface area contributed by atoms with Gasteiger partial charge in [0.2, 0.25) is 5.95 Å². The summed E-state index contributed by atoms with van der Waals surface area (Å²) in [5.74, 6) is 0.878. The van der Waals surface area contributed by atoms with Crippen LogP contribution in [0.2, 0.25) is 0 Å². The Morgan fingerprint density at radius 3 is 2.50 bits per heavy atom. The van der Waals surface area contributed by atoms with Gasteiger partial charge in [0, 0.05) is 38.6 Å². The predicted molar refractivity (Wildman–Crippen MR) is 79.2 cm³/mol. The van der Waals surface area contributed by atoms with Crippen LogP contribution in [0.3, 0.4) is 0 Å². The molecule has 1 aliphatic rings. The molecule has 3 rings (SSSR count). The number of carbonyl (C=O) groups is 1. The number of aryl methyl sites for hydroxylation is 1. The van der Waals surface area contributed by atoms with Crippen LogP contribution in [-0.2, 0) is 0 Å². The molecule has 5 nitrogen and oxygen atoms in total. The Morgan fingerprint density at radius 1 is 1.20 bits per heavy atom. The number of aromatic nitrogens is 2. The summed E-state index contributed by atoms with van der Waals surface area (Å²) in [5, 5.41) is 2.02. The second kappa shape index (κ2) is 5.58. The van der Waals surface area contributed by atoms with Gasteiger partial charge in [0.15, 0.2) is 0 Å². The highest BCUT2D eigenvalue weighted by Gasteiger charge is 2.23. The van der Waals surface area contributed by atoms with Crippen molar-refractivity contribution in [3.63, 3.8) is 0 Å². The third kappa shape index (κ3) is 2.65. The van der Waals surface area contributed by atoms with Crippen molar-refractivity contribution in [2.75, 3.05) is 31.1 Å². The van der Waals surface area contributed by atoms with Crippen molar-refractivity contribution >= 4 is 23.2 Å². The standard InChI is InChI=1S/C14H16N4OS/c1-11-9-12(20-10-11)13(19)17-5-7-18(8-6-17)14-15-3-2-4-16-14/h2-4,9-10H,5-8H2,1H3. The molecule has 1 saturated heterocycles. The van der Waals surface area contributed by atoms with Gasteiger partial charge in [-0.25, -0.2) is 9.97 Å². The first-order chi connectivity index (χ1) is 9.74. The Bertz CT molecular complexity index is 590. The normalized spacial score (nSPS) is 15.4. The maximum Gasteiger partial charge on any atom is 0.264 e. The molecule has 104 valence electrons. The van der Waals surface area contributed by atoms with Crippen molar-refractivity contribution in [3.8, 4) is 0 Å². The maximum absolute atomic E-state index is 12.3.